The van der Waals surface area contributed by atoms with Crippen molar-refractivity contribution in [1.82, 2.24) is 4.31 Å². The van der Waals surface area contributed by atoms with Gasteiger partial charge < -0.3 is 4.74 Å². The number of rotatable bonds is 10. The molecule has 174 valence electrons. The zero-order valence-electron chi connectivity index (χ0n) is 18.8. The van der Waals surface area contributed by atoms with Crippen LogP contribution in [0.3, 0.4) is 0 Å². The van der Waals surface area contributed by atoms with E-state index in [0.717, 1.165) is 0 Å². The fraction of sp³-hybridized carbons (Fsp3) is 0.348. The molecule has 0 saturated carbocycles. The molecule has 0 amide bonds. The number of nitrogens with zero attached hydrogens (tertiary/aromatic N) is 1. The molecular formula is C23H29BrFNO4SSi. The van der Waals surface area contributed by atoms with Crippen molar-refractivity contribution in [2.75, 3.05) is 12.9 Å². The van der Waals surface area contributed by atoms with Gasteiger partial charge in [0.2, 0.25) is 10.0 Å². The monoisotopic (exact) mass is 541 g/mol. The summed E-state index contributed by atoms with van der Waals surface area (Å²) in [5, 5.41) is 0. The summed E-state index contributed by atoms with van der Waals surface area (Å²) >= 11 is 3.39. The van der Waals surface area contributed by atoms with Crippen molar-refractivity contribution >= 4 is 40.0 Å². The lowest BCUT2D eigenvalue weighted by molar-refractivity contribution is -0.136. The molecule has 0 bridgehead atoms. The van der Waals surface area contributed by atoms with Gasteiger partial charge in [-0.2, -0.15) is 4.31 Å². The number of benzene rings is 2. The highest BCUT2D eigenvalue weighted by Gasteiger charge is 2.36. The molecule has 0 aliphatic carbocycles. The normalized spacial score (nSPS) is 13.1. The fourth-order valence-corrected chi connectivity index (χ4v) is 8.15. The van der Waals surface area contributed by atoms with E-state index in [1.54, 1.807) is 30.3 Å². The Bertz CT molecular complexity index is 1070. The molecule has 0 aliphatic heterocycles. The number of methoxy groups -OCH3 is 1. The van der Waals surface area contributed by atoms with Crippen molar-refractivity contribution < 1.29 is 22.3 Å². The number of hydrogen-bond acceptors (Lipinski definition) is 4. The van der Waals surface area contributed by atoms with Crippen LogP contribution in [0.4, 0.5) is 4.39 Å². The first-order valence-corrected chi connectivity index (χ1v) is 16.2. The standard InChI is InChI=1S/C23H29BrFNO4SSi/c1-17(23(27)30-2)22(18-9-7-6-8-10-18)26(31(28,29)13-14-32(3,4)5)16-19-15-20(25)11-12-21(19)24/h6-12,15,22H,1,13-14,16H2,2-5H3. The highest BCUT2D eigenvalue weighted by atomic mass is 79.9. The quantitative estimate of drug-likeness (QED) is 0.225. The number of sulfonamides is 1. The first kappa shape index (κ1) is 26.4. The van der Waals surface area contributed by atoms with E-state index in [1.165, 1.54) is 29.6 Å². The smallest absolute Gasteiger partial charge is 0.335 e. The molecule has 5 nitrogen and oxygen atoms in total. The Kier molecular flexibility index (Phi) is 8.98. The van der Waals surface area contributed by atoms with Crippen molar-refractivity contribution in [3.8, 4) is 0 Å². The van der Waals surface area contributed by atoms with Crippen LogP contribution in [0.5, 0.6) is 0 Å². The zero-order valence-corrected chi connectivity index (χ0v) is 22.2. The molecule has 0 aliphatic rings. The second-order valence-corrected chi connectivity index (χ2v) is 17.3. The van der Waals surface area contributed by atoms with E-state index in [4.69, 9.17) is 4.74 Å². The summed E-state index contributed by atoms with van der Waals surface area (Å²) in [7, 11) is -4.32. The predicted octanol–water partition coefficient (Wildman–Crippen LogP) is 5.53. The molecule has 0 aromatic heterocycles. The SMILES string of the molecule is C=C(C(=O)OC)C(c1ccccc1)N(Cc1cc(F)ccc1Br)S(=O)(=O)CC[Si](C)(C)C. The summed E-state index contributed by atoms with van der Waals surface area (Å²) in [6.07, 6.45) is 0. The molecule has 2 rings (SSSR count). The second kappa shape index (κ2) is 10.9. The van der Waals surface area contributed by atoms with Gasteiger partial charge >= 0.3 is 5.97 Å². The zero-order chi connectivity index (χ0) is 24.1. The van der Waals surface area contributed by atoms with Gasteiger partial charge in [-0.15, -0.1) is 0 Å². The third-order valence-electron chi connectivity index (χ3n) is 4.98. The van der Waals surface area contributed by atoms with Crippen LogP contribution < -0.4 is 0 Å². The van der Waals surface area contributed by atoms with Crippen molar-refractivity contribution in [2.45, 2.75) is 38.3 Å². The lowest BCUT2D eigenvalue weighted by atomic mass is 9.99. The van der Waals surface area contributed by atoms with Crippen molar-refractivity contribution in [3.05, 3.63) is 82.1 Å². The molecule has 9 heteroatoms. The summed E-state index contributed by atoms with van der Waals surface area (Å²) in [6.45, 7) is 10.0. The highest BCUT2D eigenvalue weighted by molar-refractivity contribution is 9.10. The van der Waals surface area contributed by atoms with E-state index in [-0.39, 0.29) is 17.9 Å². The molecule has 2 aromatic carbocycles. The Hall–Kier alpha value is -1.81. The average Bonchev–Trinajstić information content (AvgIpc) is 2.74. The topological polar surface area (TPSA) is 63.7 Å². The van der Waals surface area contributed by atoms with E-state index < -0.39 is 35.9 Å². The van der Waals surface area contributed by atoms with Crippen molar-refractivity contribution in [1.29, 1.82) is 0 Å². The second-order valence-electron chi connectivity index (χ2n) is 8.74. The maximum absolute atomic E-state index is 14.0. The van der Waals surface area contributed by atoms with Gasteiger partial charge in [0.25, 0.3) is 0 Å². The number of carbonyl (C=O) groups is 1. The average molecular weight is 543 g/mol. The van der Waals surface area contributed by atoms with Gasteiger partial charge in [0, 0.05) is 19.1 Å². The predicted molar refractivity (Wildman–Crippen MR) is 132 cm³/mol. The molecule has 0 spiro atoms. The minimum absolute atomic E-state index is 0.0113. The van der Waals surface area contributed by atoms with Crippen molar-refractivity contribution in [3.63, 3.8) is 0 Å². The molecule has 1 atom stereocenters. The van der Waals surface area contributed by atoms with Gasteiger partial charge in [0.1, 0.15) is 5.82 Å². The summed E-state index contributed by atoms with van der Waals surface area (Å²) in [5.74, 6) is -1.26. The van der Waals surface area contributed by atoms with Gasteiger partial charge in [-0.1, -0.05) is 72.5 Å². The largest absolute Gasteiger partial charge is 0.466 e. The van der Waals surface area contributed by atoms with Crippen LogP contribution in [-0.4, -0.2) is 39.6 Å². The van der Waals surface area contributed by atoms with Crippen LogP contribution in [0, 0.1) is 5.82 Å². The van der Waals surface area contributed by atoms with Crippen LogP contribution in [0.1, 0.15) is 17.2 Å². The van der Waals surface area contributed by atoms with Gasteiger partial charge in [0.05, 0.1) is 24.5 Å². The van der Waals surface area contributed by atoms with Gasteiger partial charge in [-0.3, -0.25) is 0 Å². The summed E-state index contributed by atoms with van der Waals surface area (Å²) < 4.78 is 48.0. The number of ether oxygens (including phenoxy) is 1. The minimum atomic E-state index is -3.86. The third kappa shape index (κ3) is 7.10. The van der Waals surface area contributed by atoms with E-state index in [1.807, 2.05) is 0 Å². The maximum Gasteiger partial charge on any atom is 0.335 e. The first-order chi connectivity index (χ1) is 14.9. The molecule has 0 saturated heterocycles. The van der Waals surface area contributed by atoms with Crippen LogP contribution in [0.15, 0.2) is 65.2 Å². The Morgan fingerprint density at radius 3 is 2.38 bits per heavy atom. The molecule has 0 fully saturated rings. The molecule has 1 unspecified atom stereocenters. The summed E-state index contributed by atoms with van der Waals surface area (Å²) in [4.78, 5) is 12.4. The van der Waals surface area contributed by atoms with Crippen LogP contribution in [0.25, 0.3) is 0 Å². The van der Waals surface area contributed by atoms with E-state index in [9.17, 15) is 17.6 Å². The number of halogens is 2. The van der Waals surface area contributed by atoms with Gasteiger partial charge in [0.15, 0.2) is 0 Å². The number of hydrogen-bond donors (Lipinski definition) is 0. The van der Waals surface area contributed by atoms with Gasteiger partial charge in [-0.25, -0.2) is 17.6 Å². The van der Waals surface area contributed by atoms with Crippen LogP contribution >= 0.6 is 15.9 Å². The fourth-order valence-electron chi connectivity index (χ4n) is 3.15. The maximum atomic E-state index is 14.0. The summed E-state index contributed by atoms with van der Waals surface area (Å²) in [6, 6.07) is 12.5. The Morgan fingerprint density at radius 2 is 1.81 bits per heavy atom. The highest BCUT2D eigenvalue weighted by Crippen LogP contribution is 2.34. The van der Waals surface area contributed by atoms with Crippen molar-refractivity contribution in [2.24, 2.45) is 0 Å². The minimum Gasteiger partial charge on any atom is -0.466 e. The van der Waals surface area contributed by atoms with Crippen LogP contribution in [0.2, 0.25) is 25.7 Å². The lowest BCUT2D eigenvalue weighted by Crippen LogP contribution is -2.40. The van der Waals surface area contributed by atoms with E-state index in [2.05, 4.69) is 42.1 Å². The van der Waals surface area contributed by atoms with E-state index in [0.29, 0.717) is 21.6 Å². The first-order valence-electron chi connectivity index (χ1n) is 10.1. The molecule has 32 heavy (non-hydrogen) atoms. The number of esters is 1. The summed E-state index contributed by atoms with van der Waals surface area (Å²) in [5.41, 5.74) is 1.01. The molecular weight excluding hydrogens is 513 g/mol. The number of carbonyl (C=O) groups excluding carboxylic acids is 1. The van der Waals surface area contributed by atoms with Gasteiger partial charge in [-0.05, 0) is 35.4 Å². The molecule has 0 radical (unpaired) electrons. The Morgan fingerprint density at radius 1 is 1.19 bits per heavy atom. The van der Waals surface area contributed by atoms with E-state index >= 15 is 0 Å². The van der Waals surface area contributed by atoms with Crippen LogP contribution in [-0.2, 0) is 26.1 Å². The Labute approximate surface area is 199 Å². The molecule has 0 heterocycles. The lowest BCUT2D eigenvalue weighted by Gasteiger charge is -2.33. The molecule has 0 N–H and O–H groups in total. The molecule has 2 aromatic rings. The Balaban J connectivity index is 2.65. The third-order valence-corrected chi connectivity index (χ3v) is 9.64.